The maximum atomic E-state index is 12.8. The maximum Gasteiger partial charge on any atom is 0.469 e. The van der Waals surface area contributed by atoms with E-state index in [2.05, 4.69) is 5.32 Å². The molecule has 2 aromatic rings. The molecule has 0 spiro atoms. The molecule has 2 rings (SSSR count). The Hall–Kier alpha value is -2.68. The zero-order chi connectivity index (χ0) is 21.1. The van der Waals surface area contributed by atoms with Gasteiger partial charge in [-0.15, -0.1) is 0 Å². The first-order valence-electron chi connectivity index (χ1n) is 9.75. The number of rotatable bonds is 11. The number of anilines is 1. The molecule has 1 unspecified atom stereocenters. The first-order valence-corrected chi connectivity index (χ1v) is 9.75. The Morgan fingerprint density at radius 1 is 1.00 bits per heavy atom. The van der Waals surface area contributed by atoms with E-state index in [4.69, 9.17) is 15.8 Å². The van der Waals surface area contributed by atoms with E-state index in [0.717, 1.165) is 5.56 Å². The number of hydrogen-bond donors (Lipinski definition) is 4. The molecule has 0 radical (unpaired) electrons. The van der Waals surface area contributed by atoms with E-state index in [1.807, 2.05) is 48.5 Å². The number of amides is 2. The normalized spacial score (nSPS) is 11.6. The Labute approximate surface area is 171 Å². The lowest BCUT2D eigenvalue weighted by Crippen LogP contribution is -2.42. The molecule has 0 fully saturated rings. The summed E-state index contributed by atoms with van der Waals surface area (Å²) < 4.78 is 0. The Kier molecular flexibility index (Phi) is 9.36. The third kappa shape index (κ3) is 8.07. The molecule has 29 heavy (non-hydrogen) atoms. The third-order valence-electron chi connectivity index (χ3n) is 4.54. The van der Waals surface area contributed by atoms with Crippen molar-refractivity contribution in [1.29, 1.82) is 0 Å². The topological polar surface area (TPSA) is 116 Å². The monoisotopic (exact) mass is 397 g/mol. The highest BCUT2D eigenvalue weighted by Crippen LogP contribution is 2.15. The summed E-state index contributed by atoms with van der Waals surface area (Å²) in [6, 6.07) is 18.5. The summed E-state index contributed by atoms with van der Waals surface area (Å²) in [4.78, 5) is 26.7. The highest BCUT2D eigenvalue weighted by molar-refractivity contribution is 6.43. The van der Waals surface area contributed by atoms with E-state index in [1.165, 1.54) is 4.90 Å². The third-order valence-corrected chi connectivity index (χ3v) is 4.54. The van der Waals surface area contributed by atoms with Crippen molar-refractivity contribution in [2.45, 2.75) is 31.6 Å². The van der Waals surface area contributed by atoms with Crippen molar-refractivity contribution in [1.82, 2.24) is 5.32 Å². The average Bonchev–Trinajstić information content (AvgIpc) is 2.72. The van der Waals surface area contributed by atoms with Gasteiger partial charge in [-0.05, 0) is 30.5 Å². The van der Waals surface area contributed by atoms with Crippen LogP contribution in [0.5, 0.6) is 0 Å². The van der Waals surface area contributed by atoms with Gasteiger partial charge in [0, 0.05) is 18.2 Å². The van der Waals surface area contributed by atoms with Gasteiger partial charge in [0.1, 0.15) is 6.54 Å². The molecule has 0 aliphatic heterocycles. The largest absolute Gasteiger partial charge is 0.469 e. The fourth-order valence-corrected chi connectivity index (χ4v) is 2.88. The fourth-order valence-electron chi connectivity index (χ4n) is 2.88. The number of unbranched alkanes of at least 4 members (excludes halogenated alkanes) is 1. The van der Waals surface area contributed by atoms with Gasteiger partial charge in [-0.1, -0.05) is 55.0 Å². The second-order valence-corrected chi connectivity index (χ2v) is 6.90. The number of nitrogens with two attached hydrogens (primary N) is 1. The van der Waals surface area contributed by atoms with Crippen LogP contribution in [0, 0.1) is 0 Å². The summed E-state index contributed by atoms with van der Waals surface area (Å²) in [5.74, 6) is -1.09. The molecule has 0 aliphatic rings. The number of para-hydroxylation sites is 1. The molecule has 0 bridgehead atoms. The van der Waals surface area contributed by atoms with Gasteiger partial charge in [-0.3, -0.25) is 9.59 Å². The molecular formula is C21H28BN3O4. The van der Waals surface area contributed by atoms with E-state index in [0.29, 0.717) is 31.5 Å². The van der Waals surface area contributed by atoms with Crippen molar-refractivity contribution in [3.05, 3.63) is 66.2 Å². The summed E-state index contributed by atoms with van der Waals surface area (Å²) >= 11 is 0. The molecule has 0 saturated carbocycles. The minimum absolute atomic E-state index is 0.0649. The molecule has 8 heteroatoms. The zero-order valence-electron chi connectivity index (χ0n) is 16.4. The molecule has 7 nitrogen and oxygen atoms in total. The molecule has 2 amide bonds. The highest BCUT2D eigenvalue weighted by Gasteiger charge is 2.20. The van der Waals surface area contributed by atoms with Gasteiger partial charge in [-0.25, -0.2) is 0 Å². The number of nitrogens with zero attached hydrogens (tertiary/aromatic N) is 1. The van der Waals surface area contributed by atoms with Gasteiger partial charge in [0.25, 0.3) is 0 Å². The number of carbonyl (C=O) groups excluding carboxylic acids is 2. The first-order chi connectivity index (χ1) is 14.0. The Bertz CT molecular complexity index is 759. The van der Waals surface area contributed by atoms with Crippen molar-refractivity contribution < 1.29 is 19.6 Å². The van der Waals surface area contributed by atoms with Crippen LogP contribution in [0.1, 0.15) is 24.8 Å². The molecule has 0 heterocycles. The lowest BCUT2D eigenvalue weighted by molar-refractivity contribution is -0.123. The lowest BCUT2D eigenvalue weighted by Gasteiger charge is -2.22. The summed E-state index contributed by atoms with van der Waals surface area (Å²) in [5.41, 5.74) is 7.12. The van der Waals surface area contributed by atoms with E-state index in [9.17, 15) is 9.59 Å². The van der Waals surface area contributed by atoms with Gasteiger partial charge in [0.15, 0.2) is 0 Å². The van der Waals surface area contributed by atoms with Crippen molar-refractivity contribution >= 4 is 24.6 Å². The minimum atomic E-state index is -1.53. The van der Waals surface area contributed by atoms with Crippen molar-refractivity contribution in [2.24, 2.45) is 5.73 Å². The second kappa shape index (κ2) is 12.0. The number of nitrogens with one attached hydrogen (secondary N) is 1. The molecular weight excluding hydrogens is 369 g/mol. The van der Waals surface area contributed by atoms with E-state index < -0.39 is 13.1 Å². The van der Waals surface area contributed by atoms with Crippen LogP contribution in [0.25, 0.3) is 0 Å². The van der Waals surface area contributed by atoms with Gasteiger partial charge in [-0.2, -0.15) is 0 Å². The Morgan fingerprint density at radius 3 is 2.24 bits per heavy atom. The van der Waals surface area contributed by atoms with E-state index >= 15 is 0 Å². The van der Waals surface area contributed by atoms with Crippen molar-refractivity contribution in [3.8, 4) is 0 Å². The van der Waals surface area contributed by atoms with Crippen LogP contribution in [-0.2, 0) is 16.0 Å². The SMILES string of the molecule is NC(CCCCNC(=O)CN(C(=O)Cc1ccccc1)c1ccccc1)B(O)O. The number of carbonyl (C=O) groups is 2. The standard InChI is InChI=1S/C21H28BN3O4/c23-19(22(28)29)13-7-8-14-24-20(26)16-25(18-11-5-2-6-12-18)21(27)15-17-9-3-1-4-10-17/h1-6,9-12,19,28-29H,7-8,13-16,23H2,(H,24,26). The van der Waals surface area contributed by atoms with Crippen LogP contribution in [-0.4, -0.2) is 48.0 Å². The van der Waals surface area contributed by atoms with E-state index in [1.54, 1.807) is 12.1 Å². The van der Waals surface area contributed by atoms with Gasteiger partial charge < -0.3 is 26.0 Å². The van der Waals surface area contributed by atoms with Crippen molar-refractivity contribution in [2.75, 3.05) is 18.0 Å². The number of benzene rings is 2. The molecule has 0 aromatic heterocycles. The summed E-state index contributed by atoms with van der Waals surface area (Å²) in [7, 11) is -1.53. The smallest absolute Gasteiger partial charge is 0.426 e. The van der Waals surface area contributed by atoms with Gasteiger partial charge in [0.2, 0.25) is 11.8 Å². The lowest BCUT2D eigenvalue weighted by atomic mass is 9.77. The van der Waals surface area contributed by atoms with Crippen LogP contribution >= 0.6 is 0 Å². The Morgan fingerprint density at radius 2 is 1.62 bits per heavy atom. The van der Waals surface area contributed by atoms with Crippen molar-refractivity contribution in [3.63, 3.8) is 0 Å². The maximum absolute atomic E-state index is 12.8. The van der Waals surface area contributed by atoms with E-state index in [-0.39, 0.29) is 24.8 Å². The highest BCUT2D eigenvalue weighted by atomic mass is 16.4. The average molecular weight is 397 g/mol. The summed E-state index contributed by atoms with van der Waals surface area (Å²) in [6.45, 7) is 0.368. The Balaban J connectivity index is 1.89. The fraction of sp³-hybridized carbons (Fsp3) is 0.333. The van der Waals surface area contributed by atoms with Gasteiger partial charge in [0.05, 0.1) is 6.42 Å². The van der Waals surface area contributed by atoms with Crippen LogP contribution in [0.4, 0.5) is 5.69 Å². The van der Waals surface area contributed by atoms with Crippen LogP contribution in [0.3, 0.4) is 0 Å². The molecule has 0 saturated heterocycles. The molecule has 5 N–H and O–H groups in total. The van der Waals surface area contributed by atoms with Crippen LogP contribution in [0.15, 0.2) is 60.7 Å². The minimum Gasteiger partial charge on any atom is -0.426 e. The molecule has 2 aromatic carbocycles. The predicted octanol–water partition coefficient (Wildman–Crippen LogP) is 0.888. The van der Waals surface area contributed by atoms with Crippen LogP contribution < -0.4 is 16.0 Å². The molecule has 1 atom stereocenters. The van der Waals surface area contributed by atoms with Gasteiger partial charge >= 0.3 is 7.12 Å². The first kappa shape index (κ1) is 22.6. The molecule has 0 aliphatic carbocycles. The van der Waals surface area contributed by atoms with Crippen LogP contribution in [0.2, 0.25) is 0 Å². The quantitative estimate of drug-likeness (QED) is 0.332. The number of hydrogen-bond acceptors (Lipinski definition) is 5. The predicted molar refractivity (Wildman–Crippen MR) is 114 cm³/mol. The molecule has 154 valence electrons. The zero-order valence-corrected chi connectivity index (χ0v) is 16.4. The summed E-state index contributed by atoms with van der Waals surface area (Å²) in [6.07, 6.45) is 1.99. The summed E-state index contributed by atoms with van der Waals surface area (Å²) in [5, 5.41) is 20.7. The second-order valence-electron chi connectivity index (χ2n) is 6.90.